The van der Waals surface area contributed by atoms with E-state index < -0.39 is 10.1 Å². The normalized spacial score (nSPS) is 17.1. The van der Waals surface area contributed by atoms with Crippen molar-refractivity contribution in [2.75, 3.05) is 0 Å². The van der Waals surface area contributed by atoms with Crippen LogP contribution in [0.5, 0.6) is 0 Å². The van der Waals surface area contributed by atoms with Crippen LogP contribution in [0.25, 0.3) is 0 Å². The van der Waals surface area contributed by atoms with Crippen molar-refractivity contribution >= 4 is 10.1 Å². The summed E-state index contributed by atoms with van der Waals surface area (Å²) in [5.74, 6) is 0.657. The molecular formula is C17H26O3S. The van der Waals surface area contributed by atoms with Gasteiger partial charge < -0.3 is 0 Å². The van der Waals surface area contributed by atoms with E-state index in [1.54, 1.807) is 6.07 Å². The Bertz CT molecular complexity index is 584. The van der Waals surface area contributed by atoms with Crippen LogP contribution in [-0.4, -0.2) is 13.0 Å². The Balaban J connectivity index is 2.41. The third kappa shape index (κ3) is 4.07. The zero-order valence-electron chi connectivity index (χ0n) is 13.1. The zero-order chi connectivity index (χ0) is 15.5. The van der Waals surface area contributed by atoms with Crippen LogP contribution in [0.15, 0.2) is 17.0 Å². The van der Waals surface area contributed by atoms with Crippen molar-refractivity contribution in [1.29, 1.82) is 0 Å². The first-order chi connectivity index (χ1) is 9.93. The van der Waals surface area contributed by atoms with E-state index in [4.69, 9.17) is 0 Å². The fourth-order valence-electron chi connectivity index (χ4n) is 3.52. The van der Waals surface area contributed by atoms with Crippen molar-refractivity contribution in [3.05, 3.63) is 28.8 Å². The van der Waals surface area contributed by atoms with Crippen LogP contribution in [0.3, 0.4) is 0 Å². The van der Waals surface area contributed by atoms with Crippen LogP contribution < -0.4 is 0 Å². The van der Waals surface area contributed by atoms with Crippen molar-refractivity contribution in [3.8, 4) is 0 Å². The maximum Gasteiger partial charge on any atom is 0.294 e. The summed E-state index contributed by atoms with van der Waals surface area (Å²) in [5.41, 5.74) is 3.14. The van der Waals surface area contributed by atoms with E-state index in [1.807, 2.05) is 19.9 Å². The largest absolute Gasteiger partial charge is 0.294 e. The van der Waals surface area contributed by atoms with Gasteiger partial charge >= 0.3 is 0 Å². The van der Waals surface area contributed by atoms with E-state index >= 15 is 0 Å². The SMILES string of the molecule is CCCc1c(S(=O)(=O)O)ccc(C)c1CC1CCCCC1. The molecule has 3 nitrogen and oxygen atoms in total. The summed E-state index contributed by atoms with van der Waals surface area (Å²) in [4.78, 5) is 0.112. The zero-order valence-corrected chi connectivity index (χ0v) is 13.9. The van der Waals surface area contributed by atoms with Gasteiger partial charge in [0.2, 0.25) is 0 Å². The minimum absolute atomic E-state index is 0.112. The highest BCUT2D eigenvalue weighted by molar-refractivity contribution is 7.85. The monoisotopic (exact) mass is 310 g/mol. The first-order valence-corrected chi connectivity index (χ1v) is 9.46. The summed E-state index contributed by atoms with van der Waals surface area (Å²) in [6, 6.07) is 3.39. The molecule has 1 aromatic carbocycles. The van der Waals surface area contributed by atoms with Gasteiger partial charge in [0.05, 0.1) is 4.90 Å². The van der Waals surface area contributed by atoms with Crippen LogP contribution in [-0.2, 0) is 23.0 Å². The summed E-state index contributed by atoms with van der Waals surface area (Å²) in [7, 11) is -4.14. The number of hydrogen-bond donors (Lipinski definition) is 1. The average Bonchev–Trinajstić information content (AvgIpc) is 2.43. The standard InChI is InChI=1S/C17H26O3S/c1-3-7-15-16(12-14-8-5-4-6-9-14)13(2)10-11-17(15)21(18,19)20/h10-11,14H,3-9,12H2,1-2H3,(H,18,19,20). The van der Waals surface area contributed by atoms with Crippen molar-refractivity contribution in [2.24, 2.45) is 5.92 Å². The molecule has 0 amide bonds. The molecular weight excluding hydrogens is 284 g/mol. The second-order valence-corrected chi connectivity index (χ2v) is 7.66. The van der Waals surface area contributed by atoms with Crippen LogP contribution in [0, 0.1) is 12.8 Å². The molecule has 1 fully saturated rings. The van der Waals surface area contributed by atoms with E-state index in [0.717, 1.165) is 29.5 Å². The van der Waals surface area contributed by atoms with Crippen molar-refractivity contribution in [3.63, 3.8) is 0 Å². The van der Waals surface area contributed by atoms with E-state index in [0.29, 0.717) is 12.3 Å². The van der Waals surface area contributed by atoms with Gasteiger partial charge in [0.1, 0.15) is 0 Å². The van der Waals surface area contributed by atoms with Gasteiger partial charge in [0.15, 0.2) is 0 Å². The topological polar surface area (TPSA) is 54.4 Å². The van der Waals surface area contributed by atoms with Gasteiger partial charge in [0, 0.05) is 0 Å². The fraction of sp³-hybridized carbons (Fsp3) is 0.647. The van der Waals surface area contributed by atoms with Crippen LogP contribution in [0.4, 0.5) is 0 Å². The van der Waals surface area contributed by atoms with Crippen molar-refractivity contribution < 1.29 is 13.0 Å². The predicted octanol–water partition coefficient (Wildman–Crippen LogP) is 4.32. The molecule has 2 rings (SSSR count). The summed E-state index contributed by atoms with van der Waals surface area (Å²) in [5, 5.41) is 0. The highest BCUT2D eigenvalue weighted by atomic mass is 32.2. The van der Waals surface area contributed by atoms with Crippen LogP contribution >= 0.6 is 0 Å². The van der Waals surface area contributed by atoms with E-state index in [9.17, 15) is 13.0 Å². The Morgan fingerprint density at radius 1 is 1.14 bits per heavy atom. The Morgan fingerprint density at radius 3 is 2.38 bits per heavy atom. The van der Waals surface area contributed by atoms with E-state index in [1.165, 1.54) is 32.1 Å². The molecule has 0 aliphatic heterocycles. The third-order valence-corrected chi connectivity index (χ3v) is 5.56. The molecule has 0 unspecified atom stereocenters. The number of benzene rings is 1. The summed E-state index contributed by atoms with van der Waals surface area (Å²) in [6.07, 6.45) is 8.90. The molecule has 0 heterocycles. The lowest BCUT2D eigenvalue weighted by Crippen LogP contribution is -2.14. The van der Waals surface area contributed by atoms with Crippen LogP contribution in [0.1, 0.15) is 62.1 Å². The number of hydrogen-bond acceptors (Lipinski definition) is 2. The number of rotatable bonds is 5. The highest BCUT2D eigenvalue weighted by Gasteiger charge is 2.22. The molecule has 4 heteroatoms. The molecule has 1 aliphatic rings. The molecule has 0 atom stereocenters. The van der Waals surface area contributed by atoms with E-state index in [-0.39, 0.29) is 4.90 Å². The summed E-state index contributed by atoms with van der Waals surface area (Å²) < 4.78 is 32.8. The minimum Gasteiger partial charge on any atom is -0.282 e. The molecule has 1 saturated carbocycles. The second-order valence-electron chi connectivity index (χ2n) is 6.27. The molecule has 0 aromatic heterocycles. The Kier molecular flexibility index (Phi) is 5.44. The third-order valence-electron chi connectivity index (χ3n) is 4.62. The molecule has 0 bridgehead atoms. The Hall–Kier alpha value is -0.870. The van der Waals surface area contributed by atoms with Gasteiger partial charge in [-0.1, -0.05) is 51.5 Å². The van der Waals surface area contributed by atoms with Crippen molar-refractivity contribution in [1.82, 2.24) is 0 Å². The lowest BCUT2D eigenvalue weighted by Gasteiger charge is -2.24. The molecule has 1 aliphatic carbocycles. The van der Waals surface area contributed by atoms with Gasteiger partial charge in [0.25, 0.3) is 10.1 Å². The lowest BCUT2D eigenvalue weighted by atomic mass is 9.82. The Morgan fingerprint density at radius 2 is 1.81 bits per heavy atom. The van der Waals surface area contributed by atoms with Gasteiger partial charge in [-0.25, -0.2) is 0 Å². The fourth-order valence-corrected chi connectivity index (χ4v) is 4.30. The maximum absolute atomic E-state index is 11.6. The maximum atomic E-state index is 11.6. The second kappa shape index (κ2) is 6.93. The van der Waals surface area contributed by atoms with Gasteiger partial charge in [-0.05, 0) is 48.4 Å². The highest BCUT2D eigenvalue weighted by Crippen LogP contribution is 2.32. The average molecular weight is 310 g/mol. The first-order valence-electron chi connectivity index (χ1n) is 8.02. The summed E-state index contributed by atoms with van der Waals surface area (Å²) >= 11 is 0. The minimum atomic E-state index is -4.14. The molecule has 1 N–H and O–H groups in total. The van der Waals surface area contributed by atoms with Crippen LogP contribution in [0.2, 0.25) is 0 Å². The molecule has 1 aromatic rings. The lowest BCUT2D eigenvalue weighted by molar-refractivity contribution is 0.355. The smallest absolute Gasteiger partial charge is 0.282 e. The first kappa shape index (κ1) is 16.5. The quantitative estimate of drug-likeness (QED) is 0.824. The molecule has 0 spiro atoms. The van der Waals surface area contributed by atoms with Gasteiger partial charge in [-0.2, -0.15) is 8.42 Å². The molecule has 0 saturated heterocycles. The molecule has 0 radical (unpaired) electrons. The Labute approximate surface area is 128 Å². The number of aryl methyl sites for hydroxylation is 1. The molecule has 118 valence electrons. The van der Waals surface area contributed by atoms with Gasteiger partial charge in [-0.3, -0.25) is 4.55 Å². The van der Waals surface area contributed by atoms with Crippen molar-refractivity contribution in [2.45, 2.75) is 70.1 Å². The van der Waals surface area contributed by atoms with E-state index in [2.05, 4.69) is 0 Å². The summed E-state index contributed by atoms with van der Waals surface area (Å²) in [6.45, 7) is 4.09. The molecule has 21 heavy (non-hydrogen) atoms. The van der Waals surface area contributed by atoms with Gasteiger partial charge in [-0.15, -0.1) is 0 Å². The predicted molar refractivity (Wildman–Crippen MR) is 85.3 cm³/mol.